The van der Waals surface area contributed by atoms with Gasteiger partial charge < -0.3 is 24.8 Å². The van der Waals surface area contributed by atoms with E-state index < -0.39 is 11.7 Å². The van der Waals surface area contributed by atoms with Crippen LogP contribution in [0.5, 0.6) is 5.75 Å². The number of pyridine rings is 1. The molecule has 1 fully saturated rings. The molecule has 0 bridgehead atoms. The Morgan fingerprint density at radius 3 is 2.77 bits per heavy atom. The molecule has 4 heterocycles. The zero-order valence-corrected chi connectivity index (χ0v) is 19.7. The Hall–Kier alpha value is -3.95. The number of aromatic hydroxyl groups is 1. The fourth-order valence-electron chi connectivity index (χ4n) is 4.36. The van der Waals surface area contributed by atoms with Crippen LogP contribution >= 0.6 is 0 Å². The van der Waals surface area contributed by atoms with E-state index >= 15 is 0 Å². The summed E-state index contributed by atoms with van der Waals surface area (Å²) >= 11 is 0. The van der Waals surface area contributed by atoms with E-state index in [0.29, 0.717) is 17.1 Å². The molecule has 1 aromatic carbocycles. The monoisotopic (exact) mass is 473 g/mol. The average molecular weight is 474 g/mol. The number of aliphatic imine (C=N–C) groups is 1. The molecule has 5 rings (SSSR count). The van der Waals surface area contributed by atoms with Crippen LogP contribution in [0.1, 0.15) is 32.8 Å². The number of fused-ring (bicyclic) bond motifs is 1. The molecule has 0 amide bonds. The number of piperazine rings is 1. The van der Waals surface area contributed by atoms with Crippen molar-refractivity contribution in [2.75, 3.05) is 38.5 Å². The summed E-state index contributed by atoms with van der Waals surface area (Å²) in [7, 11) is 2.14. The maximum atomic E-state index is 11.9. The second-order valence-corrected chi connectivity index (χ2v) is 8.91. The summed E-state index contributed by atoms with van der Waals surface area (Å²) in [6, 6.07) is 9.67. The van der Waals surface area contributed by atoms with Gasteiger partial charge in [-0.25, -0.2) is 14.8 Å². The third-order valence-corrected chi connectivity index (χ3v) is 6.37. The zero-order valence-electron chi connectivity index (χ0n) is 19.7. The molecule has 0 spiro atoms. The van der Waals surface area contributed by atoms with Gasteiger partial charge in [0.1, 0.15) is 0 Å². The van der Waals surface area contributed by atoms with Gasteiger partial charge in [-0.3, -0.25) is 4.90 Å². The van der Waals surface area contributed by atoms with Crippen LogP contribution in [0.2, 0.25) is 0 Å². The van der Waals surface area contributed by atoms with Crippen molar-refractivity contribution in [3.63, 3.8) is 0 Å². The van der Waals surface area contributed by atoms with Crippen molar-refractivity contribution in [1.29, 1.82) is 0 Å². The number of hydrogen-bond donors (Lipinski definition) is 3. The molecule has 9 nitrogen and oxygen atoms in total. The van der Waals surface area contributed by atoms with E-state index in [-0.39, 0.29) is 17.2 Å². The van der Waals surface area contributed by atoms with Gasteiger partial charge >= 0.3 is 5.97 Å². The van der Waals surface area contributed by atoms with Gasteiger partial charge in [0.2, 0.25) is 5.88 Å². The van der Waals surface area contributed by atoms with Crippen LogP contribution in [-0.4, -0.2) is 70.4 Å². The van der Waals surface area contributed by atoms with E-state index in [4.69, 9.17) is 4.42 Å². The first-order valence-electron chi connectivity index (χ1n) is 11.5. The standard InChI is InChI=1S/C26H27N5O4/c1-16-12-17(15-31-10-8-30(2)9-11-31)5-6-20(16)29-25-22(26(33)34)23(32)21(35-25)13-18-14-28-24-19(18)4-3-7-27-24/h3-7,12-14,29,32H,8-11,15H2,1-2H3,(H,33,34). The summed E-state index contributed by atoms with van der Waals surface area (Å²) < 4.78 is 5.79. The second kappa shape index (κ2) is 9.36. The number of nitrogens with one attached hydrogen (secondary N) is 1. The van der Waals surface area contributed by atoms with Gasteiger partial charge in [-0.1, -0.05) is 12.1 Å². The molecule has 3 N–H and O–H groups in total. The third-order valence-electron chi connectivity index (χ3n) is 6.37. The molecule has 1 saturated heterocycles. The first-order chi connectivity index (χ1) is 16.9. The van der Waals surface area contributed by atoms with Crippen molar-refractivity contribution in [3.05, 3.63) is 64.5 Å². The molecule has 0 atom stereocenters. The van der Waals surface area contributed by atoms with Crippen LogP contribution in [0.4, 0.5) is 17.4 Å². The number of allylic oxidation sites excluding steroid dienone is 1. The quantitative estimate of drug-likeness (QED) is 0.490. The van der Waals surface area contributed by atoms with Crippen molar-refractivity contribution >= 4 is 41.2 Å². The number of anilines is 2. The summed E-state index contributed by atoms with van der Waals surface area (Å²) in [6.07, 6.45) is 4.82. The molecule has 35 heavy (non-hydrogen) atoms. The highest BCUT2D eigenvalue weighted by molar-refractivity contribution is 6.21. The molecule has 2 aliphatic rings. The number of carboxylic acid groups (broad SMARTS) is 1. The first-order valence-corrected chi connectivity index (χ1v) is 11.5. The summed E-state index contributed by atoms with van der Waals surface area (Å²) in [5, 5.41) is 23.5. The predicted molar refractivity (Wildman–Crippen MR) is 135 cm³/mol. The molecular formula is C26H27N5O4. The summed E-state index contributed by atoms with van der Waals surface area (Å²) in [5.74, 6) is -1.16. The molecule has 2 aliphatic heterocycles. The topological polar surface area (TPSA) is 114 Å². The number of rotatable bonds is 6. The smallest absolute Gasteiger partial charge is 0.345 e. The number of aromatic nitrogens is 1. The largest absolute Gasteiger partial charge is 0.504 e. The highest BCUT2D eigenvalue weighted by Gasteiger charge is 2.26. The van der Waals surface area contributed by atoms with Crippen LogP contribution in [-0.2, 0) is 6.54 Å². The van der Waals surface area contributed by atoms with Crippen molar-refractivity contribution in [1.82, 2.24) is 14.8 Å². The minimum atomic E-state index is -1.29. The SMILES string of the molecule is Cc1cc(CN2CCN(C)CC2)ccc1Nc1oc(C=C2C=Nc3ncccc32)c(O)c1C(=O)O. The molecular weight excluding hydrogens is 446 g/mol. The fraction of sp³-hybridized carbons (Fsp3) is 0.269. The molecule has 9 heteroatoms. The Labute approximate surface area is 203 Å². The minimum absolute atomic E-state index is 0.0295. The number of nitrogens with zero attached hydrogens (tertiary/aromatic N) is 4. The lowest BCUT2D eigenvalue weighted by Gasteiger charge is -2.32. The maximum absolute atomic E-state index is 11.9. The molecule has 0 aliphatic carbocycles. The van der Waals surface area contributed by atoms with Gasteiger partial charge in [0.25, 0.3) is 0 Å². The lowest BCUT2D eigenvalue weighted by molar-refractivity contribution is 0.0695. The number of furan rings is 1. The number of carbonyl (C=O) groups is 1. The Kier molecular flexibility index (Phi) is 6.10. The average Bonchev–Trinajstić information content (AvgIpc) is 3.38. The Bertz CT molecular complexity index is 1340. The number of hydrogen-bond acceptors (Lipinski definition) is 8. The number of likely N-dealkylation sites (N-methyl/N-ethyl adjacent to an activating group) is 1. The van der Waals surface area contributed by atoms with Gasteiger partial charge in [-0.05, 0) is 49.4 Å². The van der Waals surface area contributed by atoms with Gasteiger partial charge in [0.15, 0.2) is 22.9 Å². The molecule has 0 saturated carbocycles. The molecule has 0 radical (unpaired) electrons. The molecule has 180 valence electrons. The first kappa shape index (κ1) is 22.8. The maximum Gasteiger partial charge on any atom is 0.345 e. The highest BCUT2D eigenvalue weighted by atomic mass is 16.4. The molecule has 0 unspecified atom stereocenters. The lowest BCUT2D eigenvalue weighted by Crippen LogP contribution is -2.43. The predicted octanol–water partition coefficient (Wildman–Crippen LogP) is 4.13. The minimum Gasteiger partial charge on any atom is -0.504 e. The zero-order chi connectivity index (χ0) is 24.5. The Morgan fingerprint density at radius 1 is 1.23 bits per heavy atom. The molecule has 3 aromatic rings. The van der Waals surface area contributed by atoms with E-state index in [9.17, 15) is 15.0 Å². The summed E-state index contributed by atoms with van der Waals surface area (Å²) in [4.78, 5) is 25.1. The molecule has 2 aromatic heterocycles. The third kappa shape index (κ3) is 4.68. The van der Waals surface area contributed by atoms with Gasteiger partial charge in [-0.15, -0.1) is 0 Å². The summed E-state index contributed by atoms with van der Waals surface area (Å²) in [5.41, 5.74) is 3.98. The summed E-state index contributed by atoms with van der Waals surface area (Å²) in [6.45, 7) is 7.02. The van der Waals surface area contributed by atoms with Gasteiger partial charge in [0.05, 0.1) is 0 Å². The van der Waals surface area contributed by atoms with E-state index in [0.717, 1.165) is 43.9 Å². The fourth-order valence-corrected chi connectivity index (χ4v) is 4.36. The Balaban J connectivity index is 1.39. The number of aromatic carboxylic acids is 1. The number of benzene rings is 1. The van der Waals surface area contributed by atoms with Crippen molar-refractivity contribution in [2.24, 2.45) is 4.99 Å². The number of carboxylic acids is 1. The van der Waals surface area contributed by atoms with E-state index in [1.54, 1.807) is 24.6 Å². The van der Waals surface area contributed by atoms with Crippen LogP contribution < -0.4 is 5.32 Å². The van der Waals surface area contributed by atoms with E-state index in [1.807, 2.05) is 25.1 Å². The van der Waals surface area contributed by atoms with Crippen LogP contribution in [0.15, 0.2) is 45.9 Å². The second-order valence-electron chi connectivity index (χ2n) is 8.91. The number of aryl methyl sites for hydroxylation is 1. The van der Waals surface area contributed by atoms with Crippen molar-refractivity contribution < 1.29 is 19.4 Å². The van der Waals surface area contributed by atoms with Gasteiger partial charge in [0, 0.05) is 62.0 Å². The van der Waals surface area contributed by atoms with Crippen LogP contribution in [0.3, 0.4) is 0 Å². The van der Waals surface area contributed by atoms with Crippen molar-refractivity contribution in [3.8, 4) is 5.75 Å². The van der Waals surface area contributed by atoms with E-state index in [1.165, 1.54) is 5.56 Å². The van der Waals surface area contributed by atoms with E-state index in [2.05, 4.69) is 38.2 Å². The Morgan fingerprint density at radius 2 is 2.03 bits per heavy atom. The van der Waals surface area contributed by atoms with Crippen molar-refractivity contribution in [2.45, 2.75) is 13.5 Å². The van der Waals surface area contributed by atoms with Crippen LogP contribution in [0, 0.1) is 6.92 Å². The normalized spacial score (nSPS) is 17.1. The van der Waals surface area contributed by atoms with Gasteiger partial charge in [-0.2, -0.15) is 0 Å². The lowest BCUT2D eigenvalue weighted by atomic mass is 10.1. The highest BCUT2D eigenvalue weighted by Crippen LogP contribution is 2.39. The van der Waals surface area contributed by atoms with Crippen LogP contribution in [0.25, 0.3) is 11.6 Å².